The standard InChI is InChI=1S/C41H49BrN4O4/c1-38(2,3)27-11-13-32-30(21-27)40(7,8)36(45(32)17-15-34(47)48)25(23-43)19-29(42)20-26(24-44)37-41(9,10)31-22-28(39(4,5)6)12-14-33(31)46(37)18-16-35(49)50/h11-14,19-22,30,32H,15-18H2,1-10H3,(H-,47,48,49,50)/p+1. The van der Waals surface area contributed by atoms with Crippen LogP contribution in [0.15, 0.2) is 75.5 Å². The lowest BCUT2D eigenvalue weighted by atomic mass is 9.69. The second-order valence-electron chi connectivity index (χ2n) is 16.6. The molecular formula is C41H50BrN4O4+. The number of fused-ring (bicyclic) bond motifs is 2. The van der Waals surface area contributed by atoms with E-state index in [-0.39, 0.29) is 48.7 Å². The number of halogens is 1. The van der Waals surface area contributed by atoms with Gasteiger partial charge >= 0.3 is 11.9 Å². The first-order valence-electron chi connectivity index (χ1n) is 17.1. The van der Waals surface area contributed by atoms with Gasteiger partial charge < -0.3 is 15.1 Å². The van der Waals surface area contributed by atoms with Gasteiger partial charge in [0.15, 0.2) is 12.6 Å². The smallest absolute Gasteiger partial charge is 0.309 e. The largest absolute Gasteiger partial charge is 0.481 e. The second-order valence-corrected chi connectivity index (χ2v) is 17.5. The predicted molar refractivity (Wildman–Crippen MR) is 201 cm³/mol. The molecule has 8 nitrogen and oxygen atoms in total. The third-order valence-electron chi connectivity index (χ3n) is 10.3. The quantitative estimate of drug-likeness (QED) is 0.147. The van der Waals surface area contributed by atoms with Gasteiger partial charge in [-0.05, 0) is 65.7 Å². The number of benzene rings is 1. The molecule has 0 aromatic heterocycles. The first-order chi connectivity index (χ1) is 23.0. The van der Waals surface area contributed by atoms with Crippen molar-refractivity contribution in [2.24, 2.45) is 16.7 Å². The van der Waals surface area contributed by atoms with Crippen LogP contribution in [-0.4, -0.2) is 51.6 Å². The maximum absolute atomic E-state index is 11.7. The maximum Gasteiger partial charge on any atom is 0.309 e. The van der Waals surface area contributed by atoms with Gasteiger partial charge in [0, 0.05) is 27.8 Å². The number of aliphatic carboxylic acids is 2. The van der Waals surface area contributed by atoms with E-state index in [9.17, 15) is 30.3 Å². The van der Waals surface area contributed by atoms with Gasteiger partial charge in [-0.1, -0.05) is 95.6 Å². The molecule has 2 unspecified atom stereocenters. The Morgan fingerprint density at radius 1 is 0.980 bits per heavy atom. The molecule has 0 spiro atoms. The summed E-state index contributed by atoms with van der Waals surface area (Å²) in [4.78, 5) is 25.4. The van der Waals surface area contributed by atoms with Crippen LogP contribution in [0, 0.1) is 39.4 Å². The third kappa shape index (κ3) is 7.44. The highest BCUT2D eigenvalue weighted by Gasteiger charge is 2.55. The molecule has 2 aliphatic heterocycles. The molecule has 0 bridgehead atoms. The van der Waals surface area contributed by atoms with E-state index in [4.69, 9.17) is 0 Å². The van der Waals surface area contributed by atoms with Crippen LogP contribution >= 0.6 is 15.9 Å². The van der Waals surface area contributed by atoms with Crippen molar-refractivity contribution in [3.63, 3.8) is 0 Å². The molecule has 1 aliphatic carbocycles. The molecule has 2 atom stereocenters. The van der Waals surface area contributed by atoms with Gasteiger partial charge in [-0.2, -0.15) is 10.5 Å². The molecule has 0 saturated carbocycles. The molecule has 0 amide bonds. The number of hydrogen-bond donors (Lipinski definition) is 2. The van der Waals surface area contributed by atoms with E-state index < -0.39 is 22.8 Å². The number of allylic oxidation sites excluding steroid dienone is 8. The van der Waals surface area contributed by atoms with Gasteiger partial charge in [-0.3, -0.25) is 9.59 Å². The predicted octanol–water partition coefficient (Wildman–Crippen LogP) is 8.56. The Morgan fingerprint density at radius 2 is 1.62 bits per heavy atom. The Hall–Kier alpha value is -4.21. The average molecular weight is 743 g/mol. The molecule has 50 heavy (non-hydrogen) atoms. The summed E-state index contributed by atoms with van der Waals surface area (Å²) < 4.78 is 2.55. The lowest BCUT2D eigenvalue weighted by molar-refractivity contribution is -0.549. The fourth-order valence-corrected chi connectivity index (χ4v) is 8.09. The first kappa shape index (κ1) is 38.6. The third-order valence-corrected chi connectivity index (χ3v) is 10.7. The van der Waals surface area contributed by atoms with E-state index in [1.165, 1.54) is 5.57 Å². The van der Waals surface area contributed by atoms with E-state index in [0.717, 1.165) is 22.5 Å². The van der Waals surface area contributed by atoms with E-state index >= 15 is 0 Å². The molecule has 0 saturated heterocycles. The van der Waals surface area contributed by atoms with E-state index in [1.54, 1.807) is 12.2 Å². The van der Waals surface area contributed by atoms with Crippen molar-refractivity contribution >= 4 is 39.3 Å². The number of rotatable bonds is 9. The van der Waals surface area contributed by atoms with Crippen molar-refractivity contribution < 1.29 is 24.4 Å². The normalized spacial score (nSPS) is 22.4. The zero-order valence-electron chi connectivity index (χ0n) is 31.0. The maximum atomic E-state index is 11.7. The number of carbonyl (C=O) groups is 2. The first-order valence-corrected chi connectivity index (χ1v) is 17.9. The molecule has 4 rings (SSSR count). The Balaban J connectivity index is 1.89. The summed E-state index contributed by atoms with van der Waals surface area (Å²) in [5, 5.41) is 40.5. The van der Waals surface area contributed by atoms with E-state index in [1.807, 2.05) is 11.0 Å². The van der Waals surface area contributed by atoms with Crippen LogP contribution < -0.4 is 4.90 Å². The van der Waals surface area contributed by atoms with E-state index in [2.05, 4.69) is 132 Å². The summed E-state index contributed by atoms with van der Waals surface area (Å²) in [6.07, 6.45) is 9.76. The van der Waals surface area contributed by atoms with Gasteiger partial charge in [-0.15, -0.1) is 0 Å². The SMILES string of the molecule is CC(C)(C)C1=CC2C(C=C1)[N+](CCC(=O)O)=C(/C(C#N)=C/C(Br)=C/C(C#N)=C1/N(CCC(=O)O)c3ccc(C(C)(C)C)cc3C1(C)C)C2(C)C. The molecule has 1 aromatic carbocycles. The van der Waals surface area contributed by atoms with Crippen molar-refractivity contribution in [1.82, 2.24) is 0 Å². The van der Waals surface area contributed by atoms with Crippen LogP contribution in [0.25, 0.3) is 0 Å². The minimum absolute atomic E-state index is 0.0142. The highest BCUT2D eigenvalue weighted by atomic mass is 79.9. The Labute approximate surface area is 305 Å². The molecular weight excluding hydrogens is 692 g/mol. The summed E-state index contributed by atoms with van der Waals surface area (Å²) in [6, 6.07) is 10.9. The van der Waals surface area contributed by atoms with E-state index in [0.29, 0.717) is 21.3 Å². The lowest BCUT2D eigenvalue weighted by Crippen LogP contribution is -2.33. The van der Waals surface area contributed by atoms with Crippen molar-refractivity contribution in [2.45, 2.75) is 99.0 Å². The van der Waals surface area contributed by atoms with Crippen molar-refractivity contribution in [2.75, 3.05) is 18.0 Å². The zero-order chi connectivity index (χ0) is 37.6. The zero-order valence-corrected chi connectivity index (χ0v) is 32.6. The van der Waals surface area contributed by atoms with Crippen LogP contribution in [-0.2, 0) is 20.4 Å². The van der Waals surface area contributed by atoms with Crippen LogP contribution in [0.3, 0.4) is 0 Å². The van der Waals surface area contributed by atoms with Crippen LogP contribution in [0.1, 0.15) is 93.2 Å². The Morgan fingerprint density at radius 3 is 2.16 bits per heavy atom. The number of nitrogens with zero attached hydrogens (tertiary/aromatic N) is 4. The molecule has 9 heteroatoms. The summed E-state index contributed by atoms with van der Waals surface area (Å²) in [5.74, 6) is -1.82. The summed E-state index contributed by atoms with van der Waals surface area (Å²) in [7, 11) is 0. The topological polar surface area (TPSA) is 128 Å². The summed E-state index contributed by atoms with van der Waals surface area (Å²) in [5.41, 5.74) is 5.10. The minimum atomic E-state index is -0.928. The van der Waals surface area contributed by atoms with Crippen molar-refractivity contribution in [1.29, 1.82) is 10.5 Å². The average Bonchev–Trinajstić information content (AvgIpc) is 3.37. The summed E-state index contributed by atoms with van der Waals surface area (Å²) >= 11 is 3.66. The molecule has 0 fully saturated rings. The van der Waals surface area contributed by atoms with Crippen LogP contribution in [0.2, 0.25) is 0 Å². The fraction of sp³-hybridized carbons (Fsp3) is 0.488. The van der Waals surface area contributed by atoms with Gasteiger partial charge in [-0.25, -0.2) is 4.58 Å². The monoisotopic (exact) mass is 741 g/mol. The number of carboxylic acids is 2. The Bertz CT molecular complexity index is 1880. The second kappa shape index (κ2) is 13.8. The number of anilines is 1. The van der Waals surface area contributed by atoms with Crippen LogP contribution in [0.5, 0.6) is 0 Å². The molecule has 3 aliphatic rings. The molecule has 2 heterocycles. The van der Waals surface area contributed by atoms with Crippen LogP contribution in [0.4, 0.5) is 5.69 Å². The van der Waals surface area contributed by atoms with Gasteiger partial charge in [0.2, 0.25) is 5.71 Å². The molecule has 264 valence electrons. The molecule has 0 radical (unpaired) electrons. The highest BCUT2D eigenvalue weighted by Crippen LogP contribution is 2.51. The Kier molecular flexibility index (Phi) is 10.7. The minimum Gasteiger partial charge on any atom is -0.481 e. The van der Waals surface area contributed by atoms with Crippen molar-refractivity contribution in [3.8, 4) is 12.1 Å². The number of carboxylic acid groups (broad SMARTS) is 2. The van der Waals surface area contributed by atoms with Gasteiger partial charge in [0.05, 0.1) is 23.3 Å². The molecule has 1 aromatic rings. The number of hydrogen-bond acceptors (Lipinski definition) is 5. The lowest BCUT2D eigenvalue weighted by Gasteiger charge is -2.30. The van der Waals surface area contributed by atoms with Gasteiger partial charge in [0.1, 0.15) is 24.1 Å². The molecule has 2 N–H and O–H groups in total. The fourth-order valence-electron chi connectivity index (χ4n) is 7.63. The number of nitriles is 2. The van der Waals surface area contributed by atoms with Crippen molar-refractivity contribution in [3.05, 3.63) is 86.6 Å². The van der Waals surface area contributed by atoms with Gasteiger partial charge in [0.25, 0.3) is 0 Å². The summed E-state index contributed by atoms with van der Waals surface area (Å²) in [6.45, 7) is 21.7. The highest BCUT2D eigenvalue weighted by molar-refractivity contribution is 9.11.